The van der Waals surface area contributed by atoms with Crippen LogP contribution in [0.5, 0.6) is 5.75 Å². The van der Waals surface area contributed by atoms with Crippen LogP contribution in [-0.4, -0.2) is 16.2 Å². The highest BCUT2D eigenvalue weighted by Crippen LogP contribution is 2.28. The van der Waals surface area contributed by atoms with Gasteiger partial charge in [0, 0.05) is 5.56 Å². The van der Waals surface area contributed by atoms with Gasteiger partial charge < -0.3 is 10.2 Å². The molecule has 0 heterocycles. The second-order valence-corrected chi connectivity index (χ2v) is 4.16. The van der Waals surface area contributed by atoms with Gasteiger partial charge in [0.05, 0.1) is 10.4 Å². The maximum atomic E-state index is 13.5. The third kappa shape index (κ3) is 2.68. The Balaban J connectivity index is 3.03. The van der Waals surface area contributed by atoms with Gasteiger partial charge in [-0.15, -0.1) is 0 Å². The molecule has 15 heavy (non-hydrogen) atoms. The molecule has 0 aliphatic rings. The summed E-state index contributed by atoms with van der Waals surface area (Å²) in [6.45, 7) is 1.46. The van der Waals surface area contributed by atoms with E-state index in [0.29, 0.717) is 0 Å². The van der Waals surface area contributed by atoms with Crippen molar-refractivity contribution < 1.29 is 19.4 Å². The van der Waals surface area contributed by atoms with E-state index >= 15 is 0 Å². The molecule has 3 nitrogen and oxygen atoms in total. The summed E-state index contributed by atoms with van der Waals surface area (Å²) in [6.07, 6.45) is -0.0353. The fourth-order valence-corrected chi connectivity index (χ4v) is 1.54. The van der Waals surface area contributed by atoms with E-state index in [0.717, 1.165) is 0 Å². The number of carboxylic acids is 1. The van der Waals surface area contributed by atoms with Gasteiger partial charge in [-0.25, -0.2) is 4.39 Å². The number of phenols is 1. The molecule has 0 saturated carbocycles. The number of carboxylic acid groups (broad SMARTS) is 1. The molecule has 0 aliphatic carbocycles. The molecule has 0 aromatic heterocycles. The van der Waals surface area contributed by atoms with Crippen LogP contribution in [0.25, 0.3) is 0 Å². The topological polar surface area (TPSA) is 57.5 Å². The predicted molar refractivity (Wildman–Crippen MR) is 56.3 cm³/mol. The van der Waals surface area contributed by atoms with Crippen LogP contribution in [-0.2, 0) is 11.2 Å². The molecular formula is C10H10BrFO3. The van der Waals surface area contributed by atoms with Gasteiger partial charge in [0.15, 0.2) is 0 Å². The normalized spacial score (nSPS) is 12.5. The first-order valence-electron chi connectivity index (χ1n) is 4.32. The van der Waals surface area contributed by atoms with E-state index in [9.17, 15) is 14.3 Å². The molecule has 1 rings (SSSR count). The van der Waals surface area contributed by atoms with Gasteiger partial charge in [-0.05, 0) is 34.5 Å². The van der Waals surface area contributed by atoms with Crippen molar-refractivity contribution >= 4 is 21.9 Å². The van der Waals surface area contributed by atoms with E-state index in [2.05, 4.69) is 15.9 Å². The smallest absolute Gasteiger partial charge is 0.306 e. The van der Waals surface area contributed by atoms with Gasteiger partial charge in [-0.3, -0.25) is 4.79 Å². The van der Waals surface area contributed by atoms with Crippen molar-refractivity contribution in [3.8, 4) is 5.75 Å². The Morgan fingerprint density at radius 2 is 2.20 bits per heavy atom. The zero-order valence-corrected chi connectivity index (χ0v) is 9.58. The summed E-state index contributed by atoms with van der Waals surface area (Å²) in [4.78, 5) is 10.6. The minimum atomic E-state index is -1.02. The standard InChI is InChI=1S/C10H10BrFO3/c1-5(10(14)15)4-6-8(13)3-2-7(11)9(6)12/h2-3,5,13H,4H2,1H3,(H,14,15). The number of benzene rings is 1. The molecule has 1 atom stereocenters. The van der Waals surface area contributed by atoms with E-state index in [4.69, 9.17) is 5.11 Å². The zero-order chi connectivity index (χ0) is 11.6. The van der Waals surface area contributed by atoms with E-state index < -0.39 is 17.7 Å². The summed E-state index contributed by atoms with van der Waals surface area (Å²) in [5, 5.41) is 18.1. The summed E-state index contributed by atoms with van der Waals surface area (Å²) >= 11 is 2.97. The van der Waals surface area contributed by atoms with Gasteiger partial charge in [0.2, 0.25) is 0 Å². The number of halogens is 2. The Morgan fingerprint density at radius 3 is 2.73 bits per heavy atom. The summed E-state index contributed by atoms with van der Waals surface area (Å²) in [5.41, 5.74) is 0.0271. The van der Waals surface area contributed by atoms with Crippen LogP contribution >= 0.6 is 15.9 Å². The molecular weight excluding hydrogens is 267 g/mol. The molecule has 0 fully saturated rings. The minimum Gasteiger partial charge on any atom is -0.508 e. The highest BCUT2D eigenvalue weighted by molar-refractivity contribution is 9.10. The minimum absolute atomic E-state index is 0.0271. The van der Waals surface area contributed by atoms with Gasteiger partial charge >= 0.3 is 5.97 Å². The summed E-state index contributed by atoms with van der Waals surface area (Å²) in [5.74, 6) is -2.58. The lowest BCUT2D eigenvalue weighted by Gasteiger charge is -2.10. The lowest BCUT2D eigenvalue weighted by molar-refractivity contribution is -0.141. The van der Waals surface area contributed by atoms with Gasteiger partial charge in [-0.2, -0.15) is 0 Å². The summed E-state index contributed by atoms with van der Waals surface area (Å²) in [7, 11) is 0. The largest absolute Gasteiger partial charge is 0.508 e. The first-order chi connectivity index (χ1) is 6.93. The molecule has 0 bridgehead atoms. The van der Waals surface area contributed by atoms with Gasteiger partial charge in [-0.1, -0.05) is 6.92 Å². The molecule has 0 amide bonds. The molecule has 5 heteroatoms. The van der Waals surface area contributed by atoms with Crippen LogP contribution in [0, 0.1) is 11.7 Å². The Kier molecular flexibility index (Phi) is 3.68. The molecule has 1 aromatic carbocycles. The second kappa shape index (κ2) is 4.61. The number of carbonyl (C=O) groups is 1. The van der Waals surface area contributed by atoms with Crippen molar-refractivity contribution in [2.75, 3.05) is 0 Å². The Bertz CT molecular complexity index is 392. The average Bonchev–Trinajstić information content (AvgIpc) is 2.18. The van der Waals surface area contributed by atoms with Gasteiger partial charge in [0.25, 0.3) is 0 Å². The molecule has 0 spiro atoms. The van der Waals surface area contributed by atoms with E-state index in [-0.39, 0.29) is 22.2 Å². The molecule has 0 saturated heterocycles. The number of phenolic OH excluding ortho intramolecular Hbond substituents is 1. The molecule has 82 valence electrons. The highest BCUT2D eigenvalue weighted by Gasteiger charge is 2.18. The first-order valence-corrected chi connectivity index (χ1v) is 5.11. The van der Waals surface area contributed by atoms with Crippen LogP contribution in [0.2, 0.25) is 0 Å². The van der Waals surface area contributed by atoms with Crippen LogP contribution in [0.1, 0.15) is 12.5 Å². The van der Waals surface area contributed by atoms with E-state index in [1.165, 1.54) is 19.1 Å². The number of rotatable bonds is 3. The van der Waals surface area contributed by atoms with Crippen molar-refractivity contribution in [3.05, 3.63) is 28.0 Å². The van der Waals surface area contributed by atoms with Crippen LogP contribution in [0.4, 0.5) is 4.39 Å². The van der Waals surface area contributed by atoms with E-state index in [1.54, 1.807) is 0 Å². The van der Waals surface area contributed by atoms with Crippen molar-refractivity contribution in [1.29, 1.82) is 0 Å². The lowest BCUT2D eigenvalue weighted by Crippen LogP contribution is -2.13. The second-order valence-electron chi connectivity index (χ2n) is 3.30. The third-order valence-electron chi connectivity index (χ3n) is 2.10. The van der Waals surface area contributed by atoms with Crippen LogP contribution < -0.4 is 0 Å². The molecule has 1 aromatic rings. The van der Waals surface area contributed by atoms with Crippen LogP contribution in [0.15, 0.2) is 16.6 Å². The SMILES string of the molecule is CC(Cc1c(O)ccc(Br)c1F)C(=O)O. The maximum Gasteiger partial charge on any atom is 0.306 e. The van der Waals surface area contributed by atoms with Gasteiger partial charge in [0.1, 0.15) is 11.6 Å². The fraction of sp³-hybridized carbons (Fsp3) is 0.300. The maximum absolute atomic E-state index is 13.5. The van der Waals surface area contributed by atoms with Crippen molar-refractivity contribution in [2.24, 2.45) is 5.92 Å². The van der Waals surface area contributed by atoms with Crippen LogP contribution in [0.3, 0.4) is 0 Å². The number of hydrogen-bond donors (Lipinski definition) is 2. The third-order valence-corrected chi connectivity index (χ3v) is 2.72. The predicted octanol–water partition coefficient (Wildman–Crippen LogP) is 2.56. The summed E-state index contributed by atoms with van der Waals surface area (Å²) in [6, 6.07) is 2.71. The number of hydrogen-bond acceptors (Lipinski definition) is 2. The monoisotopic (exact) mass is 276 g/mol. The Morgan fingerprint density at radius 1 is 1.60 bits per heavy atom. The fourth-order valence-electron chi connectivity index (χ4n) is 1.17. The molecule has 2 N–H and O–H groups in total. The zero-order valence-electron chi connectivity index (χ0n) is 8.00. The number of aliphatic carboxylic acids is 1. The highest BCUT2D eigenvalue weighted by atomic mass is 79.9. The summed E-state index contributed by atoms with van der Waals surface area (Å²) < 4.78 is 13.7. The molecule has 0 radical (unpaired) electrons. The van der Waals surface area contributed by atoms with Crippen molar-refractivity contribution in [1.82, 2.24) is 0 Å². The lowest BCUT2D eigenvalue weighted by atomic mass is 10.00. The van der Waals surface area contributed by atoms with Crippen molar-refractivity contribution in [2.45, 2.75) is 13.3 Å². The Hall–Kier alpha value is -1.10. The Labute approximate surface area is 94.7 Å². The quantitative estimate of drug-likeness (QED) is 0.892. The average molecular weight is 277 g/mol. The molecule has 0 aliphatic heterocycles. The molecule has 1 unspecified atom stereocenters. The number of aromatic hydroxyl groups is 1. The van der Waals surface area contributed by atoms with E-state index in [1.807, 2.05) is 0 Å². The van der Waals surface area contributed by atoms with Crippen molar-refractivity contribution in [3.63, 3.8) is 0 Å². The first kappa shape index (κ1) is 12.0.